The predicted octanol–water partition coefficient (Wildman–Crippen LogP) is -0.216. The Labute approximate surface area is 82.2 Å². The van der Waals surface area contributed by atoms with Gasteiger partial charge in [-0.3, -0.25) is 14.5 Å². The Balaban J connectivity index is 2.39. The number of amides is 2. The summed E-state index contributed by atoms with van der Waals surface area (Å²) in [6.45, 7) is 1.80. The Morgan fingerprint density at radius 2 is 1.93 bits per heavy atom. The lowest BCUT2D eigenvalue weighted by Crippen LogP contribution is -2.35. The largest absolute Gasteiger partial charge is 0.389 e. The lowest BCUT2D eigenvalue weighted by molar-refractivity contribution is -0.138. The molecule has 1 aliphatic carbocycles. The number of nitrogens with zero attached hydrogens (tertiary/aromatic N) is 1. The quantitative estimate of drug-likeness (QED) is 0.429. The summed E-state index contributed by atoms with van der Waals surface area (Å²) >= 11 is 0. The van der Waals surface area contributed by atoms with Crippen molar-refractivity contribution in [2.45, 2.75) is 13.0 Å². The van der Waals surface area contributed by atoms with Crippen LogP contribution in [0.25, 0.3) is 0 Å². The molecular weight excluding hydrogens is 182 g/mol. The highest BCUT2D eigenvalue weighted by atomic mass is 16.3. The van der Waals surface area contributed by atoms with Gasteiger partial charge in [-0.2, -0.15) is 0 Å². The third kappa shape index (κ3) is 1.04. The van der Waals surface area contributed by atoms with Crippen molar-refractivity contribution in [2.24, 2.45) is 17.8 Å². The first-order valence-corrected chi connectivity index (χ1v) is 4.72. The van der Waals surface area contributed by atoms with Crippen LogP contribution in [0.3, 0.4) is 0 Å². The van der Waals surface area contributed by atoms with Crippen LogP contribution in [-0.4, -0.2) is 35.0 Å². The van der Waals surface area contributed by atoms with Crippen molar-refractivity contribution in [1.29, 1.82) is 0 Å². The number of carbonyl (C=O) groups is 2. The van der Waals surface area contributed by atoms with Gasteiger partial charge in [0.1, 0.15) is 0 Å². The molecule has 76 valence electrons. The minimum absolute atomic E-state index is 0.157. The number of aliphatic hydroxyl groups excluding tert-OH is 1. The van der Waals surface area contributed by atoms with Gasteiger partial charge >= 0.3 is 0 Å². The summed E-state index contributed by atoms with van der Waals surface area (Å²) in [6.07, 6.45) is 2.65. The van der Waals surface area contributed by atoms with E-state index in [0.717, 1.165) is 4.90 Å². The van der Waals surface area contributed by atoms with Gasteiger partial charge in [-0.15, -0.1) is 0 Å². The minimum atomic E-state index is -0.612. The SMILES string of the molecule is C[C@@H]1C2C(=O)N(C)C(=O)C2C=C[C@@H]1O. The number of aliphatic hydroxyl groups is 1. The number of rotatable bonds is 0. The lowest BCUT2D eigenvalue weighted by Gasteiger charge is -2.27. The van der Waals surface area contributed by atoms with Gasteiger partial charge in [-0.1, -0.05) is 19.1 Å². The van der Waals surface area contributed by atoms with E-state index in [1.54, 1.807) is 19.1 Å². The van der Waals surface area contributed by atoms with E-state index < -0.39 is 6.10 Å². The molecule has 2 aliphatic rings. The number of fused-ring (bicyclic) bond motifs is 1. The molecule has 0 aromatic rings. The van der Waals surface area contributed by atoms with E-state index in [-0.39, 0.29) is 29.6 Å². The number of hydrogen-bond donors (Lipinski definition) is 1. The zero-order valence-corrected chi connectivity index (χ0v) is 8.18. The highest BCUT2D eigenvalue weighted by molar-refractivity contribution is 6.06. The topological polar surface area (TPSA) is 57.6 Å². The second kappa shape index (κ2) is 2.92. The zero-order chi connectivity index (χ0) is 10.5. The molecule has 0 saturated carbocycles. The molecule has 0 radical (unpaired) electrons. The molecule has 1 saturated heterocycles. The molecule has 4 atom stereocenters. The molecule has 1 N–H and O–H groups in total. The first kappa shape index (κ1) is 9.40. The molecular formula is C10H13NO3. The Hall–Kier alpha value is -1.16. The fraction of sp³-hybridized carbons (Fsp3) is 0.600. The molecule has 0 aromatic heterocycles. The van der Waals surface area contributed by atoms with Crippen LogP contribution in [-0.2, 0) is 9.59 Å². The maximum atomic E-state index is 11.7. The minimum Gasteiger partial charge on any atom is -0.389 e. The van der Waals surface area contributed by atoms with Crippen molar-refractivity contribution in [2.75, 3.05) is 7.05 Å². The maximum Gasteiger partial charge on any atom is 0.236 e. The van der Waals surface area contributed by atoms with Gasteiger partial charge < -0.3 is 5.11 Å². The molecule has 4 heteroatoms. The Kier molecular flexibility index (Phi) is 1.96. The van der Waals surface area contributed by atoms with Crippen LogP contribution in [0.1, 0.15) is 6.92 Å². The van der Waals surface area contributed by atoms with Gasteiger partial charge in [0.2, 0.25) is 11.8 Å². The molecule has 0 bridgehead atoms. The molecule has 0 spiro atoms. The zero-order valence-electron chi connectivity index (χ0n) is 8.18. The summed E-state index contributed by atoms with van der Waals surface area (Å²) < 4.78 is 0. The van der Waals surface area contributed by atoms with Gasteiger partial charge in [0.25, 0.3) is 0 Å². The van der Waals surface area contributed by atoms with Gasteiger partial charge in [0.05, 0.1) is 17.9 Å². The Morgan fingerprint density at radius 3 is 2.57 bits per heavy atom. The number of imide groups is 1. The fourth-order valence-corrected chi connectivity index (χ4v) is 2.24. The molecule has 1 aliphatic heterocycles. The lowest BCUT2D eigenvalue weighted by atomic mass is 9.77. The monoisotopic (exact) mass is 195 g/mol. The van der Waals surface area contributed by atoms with Crippen LogP contribution >= 0.6 is 0 Å². The highest BCUT2D eigenvalue weighted by Gasteiger charge is 2.49. The van der Waals surface area contributed by atoms with Crippen molar-refractivity contribution >= 4 is 11.8 Å². The Bertz CT molecular complexity index is 323. The van der Waals surface area contributed by atoms with E-state index >= 15 is 0 Å². The van der Waals surface area contributed by atoms with E-state index in [2.05, 4.69) is 0 Å². The normalized spacial score (nSPS) is 41.8. The summed E-state index contributed by atoms with van der Waals surface area (Å²) in [4.78, 5) is 24.4. The van der Waals surface area contributed by atoms with Crippen LogP contribution in [0.5, 0.6) is 0 Å². The van der Waals surface area contributed by atoms with Crippen LogP contribution in [0.15, 0.2) is 12.2 Å². The molecule has 2 rings (SSSR count). The van der Waals surface area contributed by atoms with E-state index in [4.69, 9.17) is 0 Å². The van der Waals surface area contributed by atoms with Crippen molar-refractivity contribution in [3.05, 3.63) is 12.2 Å². The van der Waals surface area contributed by atoms with Gasteiger partial charge in [0, 0.05) is 7.05 Å². The standard InChI is InChI=1S/C10H13NO3/c1-5-7(12)4-3-6-8(5)10(14)11(2)9(6)13/h3-8,12H,1-2H3/t5-,6?,7-,8?/m0/s1. The van der Waals surface area contributed by atoms with Crippen LogP contribution in [0.2, 0.25) is 0 Å². The molecule has 2 unspecified atom stereocenters. The maximum absolute atomic E-state index is 11.7. The predicted molar refractivity (Wildman–Crippen MR) is 49.1 cm³/mol. The third-order valence-corrected chi connectivity index (χ3v) is 3.24. The summed E-state index contributed by atoms with van der Waals surface area (Å²) in [5, 5.41) is 9.55. The molecule has 14 heavy (non-hydrogen) atoms. The number of hydrogen-bond acceptors (Lipinski definition) is 3. The van der Waals surface area contributed by atoms with E-state index in [9.17, 15) is 14.7 Å². The molecule has 1 heterocycles. The van der Waals surface area contributed by atoms with E-state index in [1.165, 1.54) is 7.05 Å². The van der Waals surface area contributed by atoms with Gasteiger partial charge in [-0.25, -0.2) is 0 Å². The Morgan fingerprint density at radius 1 is 1.29 bits per heavy atom. The third-order valence-electron chi connectivity index (χ3n) is 3.24. The summed E-state index contributed by atoms with van der Waals surface area (Å²) in [6, 6.07) is 0. The smallest absolute Gasteiger partial charge is 0.236 e. The summed E-state index contributed by atoms with van der Waals surface area (Å²) in [5.41, 5.74) is 0. The van der Waals surface area contributed by atoms with Crippen LogP contribution in [0, 0.1) is 17.8 Å². The van der Waals surface area contributed by atoms with Crippen molar-refractivity contribution in [3.63, 3.8) is 0 Å². The van der Waals surface area contributed by atoms with E-state index in [0.29, 0.717) is 0 Å². The molecule has 0 aromatic carbocycles. The van der Waals surface area contributed by atoms with Crippen LogP contribution < -0.4 is 0 Å². The second-order valence-electron chi connectivity index (χ2n) is 4.02. The average molecular weight is 195 g/mol. The number of carbonyl (C=O) groups excluding carboxylic acids is 2. The second-order valence-corrected chi connectivity index (χ2v) is 4.02. The van der Waals surface area contributed by atoms with Crippen molar-refractivity contribution in [1.82, 2.24) is 4.90 Å². The van der Waals surface area contributed by atoms with Gasteiger partial charge in [-0.05, 0) is 5.92 Å². The first-order valence-electron chi connectivity index (χ1n) is 4.72. The summed E-state index contributed by atoms with van der Waals surface area (Å²) in [5.74, 6) is -1.23. The molecule has 1 fully saturated rings. The molecule has 2 amide bonds. The highest BCUT2D eigenvalue weighted by Crippen LogP contribution is 2.37. The number of likely N-dealkylation sites (tertiary alicyclic amines) is 1. The van der Waals surface area contributed by atoms with E-state index in [1.807, 2.05) is 0 Å². The van der Waals surface area contributed by atoms with Crippen molar-refractivity contribution < 1.29 is 14.7 Å². The molecule has 4 nitrogen and oxygen atoms in total. The fourth-order valence-electron chi connectivity index (χ4n) is 2.24. The summed E-state index contributed by atoms with van der Waals surface area (Å²) in [7, 11) is 1.50. The van der Waals surface area contributed by atoms with Gasteiger partial charge in [0.15, 0.2) is 0 Å². The van der Waals surface area contributed by atoms with Crippen molar-refractivity contribution in [3.8, 4) is 0 Å². The average Bonchev–Trinajstić information content (AvgIpc) is 2.38. The first-order chi connectivity index (χ1) is 6.54. The van der Waals surface area contributed by atoms with Crippen LogP contribution in [0.4, 0.5) is 0 Å².